The maximum Gasteiger partial charge on any atom is 0.262 e. The zero-order valence-electron chi connectivity index (χ0n) is 32.5. The lowest BCUT2D eigenvalue weighted by atomic mass is 9.85. The Morgan fingerprint density at radius 1 is 0.931 bits per heavy atom. The van der Waals surface area contributed by atoms with Gasteiger partial charge in [-0.1, -0.05) is 23.2 Å². The van der Waals surface area contributed by atoms with Crippen molar-refractivity contribution in [3.63, 3.8) is 0 Å². The minimum absolute atomic E-state index is 0.0817. The van der Waals surface area contributed by atoms with E-state index in [1.54, 1.807) is 31.3 Å². The van der Waals surface area contributed by atoms with Crippen molar-refractivity contribution >= 4 is 58.3 Å². The van der Waals surface area contributed by atoms with E-state index in [1.165, 1.54) is 12.1 Å². The predicted octanol–water partition coefficient (Wildman–Crippen LogP) is 6.84. The van der Waals surface area contributed by atoms with Gasteiger partial charge in [0, 0.05) is 77.9 Å². The Morgan fingerprint density at radius 2 is 1.66 bits per heavy atom. The molecule has 2 aromatic carbocycles. The highest BCUT2D eigenvalue weighted by atomic mass is 35.5. The van der Waals surface area contributed by atoms with E-state index < -0.39 is 41.6 Å². The number of carbonyl (C=O) groups excluding carboxylic acids is 4. The molecule has 0 bridgehead atoms. The van der Waals surface area contributed by atoms with Crippen LogP contribution in [0.15, 0.2) is 55.0 Å². The lowest BCUT2D eigenvalue weighted by Crippen LogP contribution is -2.57. The van der Waals surface area contributed by atoms with Crippen LogP contribution in [0.5, 0.6) is 5.75 Å². The number of imide groups is 2. The summed E-state index contributed by atoms with van der Waals surface area (Å²) < 4.78 is 22.3. The van der Waals surface area contributed by atoms with Crippen molar-refractivity contribution in [1.82, 2.24) is 29.9 Å². The number of ether oxygens (including phenoxy) is 1. The summed E-state index contributed by atoms with van der Waals surface area (Å²) >= 11 is 12.5. The van der Waals surface area contributed by atoms with Gasteiger partial charge in [-0.2, -0.15) is 5.10 Å². The lowest BCUT2D eigenvalue weighted by molar-refractivity contribution is -0.136. The smallest absolute Gasteiger partial charge is 0.262 e. The van der Waals surface area contributed by atoms with Gasteiger partial charge in [-0.3, -0.25) is 39.0 Å². The Morgan fingerprint density at radius 3 is 2.38 bits per heavy atom. The maximum atomic E-state index is 14.2. The first kappa shape index (κ1) is 39.8. The number of hydrogen-bond donors (Lipinski definition) is 2. The van der Waals surface area contributed by atoms with Gasteiger partial charge in [-0.05, 0) is 95.2 Å². The third-order valence-corrected chi connectivity index (χ3v) is 12.7. The first-order valence-corrected chi connectivity index (χ1v) is 20.5. The zero-order valence-corrected chi connectivity index (χ0v) is 34.0. The lowest BCUT2D eigenvalue weighted by Gasteiger charge is -2.47. The van der Waals surface area contributed by atoms with Gasteiger partial charge in [0.1, 0.15) is 18.0 Å². The van der Waals surface area contributed by atoms with E-state index in [4.69, 9.17) is 38.8 Å². The van der Waals surface area contributed by atoms with E-state index in [-0.39, 0.29) is 47.4 Å². The second-order valence-electron chi connectivity index (χ2n) is 16.0. The number of benzene rings is 2. The van der Waals surface area contributed by atoms with Crippen molar-refractivity contribution in [2.45, 2.75) is 89.6 Å². The van der Waals surface area contributed by atoms with E-state index in [1.807, 2.05) is 23.1 Å². The molecule has 3 fully saturated rings. The number of pyridine rings is 1. The first-order valence-electron chi connectivity index (χ1n) is 19.7. The number of fused-ring (bicyclic) bond motifs is 1. The quantitative estimate of drug-likeness (QED) is 0.135. The summed E-state index contributed by atoms with van der Waals surface area (Å²) in [6.07, 6.45) is 9.23. The predicted molar refractivity (Wildman–Crippen MR) is 217 cm³/mol. The number of halogens is 3. The molecule has 0 radical (unpaired) electrons. The molecule has 3 aliphatic heterocycles. The Bertz CT molecular complexity index is 2280. The fraction of sp³-hybridized carbons (Fsp3) is 0.429. The van der Waals surface area contributed by atoms with E-state index in [0.717, 1.165) is 67.0 Å². The van der Waals surface area contributed by atoms with Crippen LogP contribution in [-0.2, 0) is 9.59 Å². The Balaban J connectivity index is 0.856. The summed E-state index contributed by atoms with van der Waals surface area (Å²) in [5.74, 6) is -1.52. The summed E-state index contributed by atoms with van der Waals surface area (Å²) in [7, 11) is 0. The van der Waals surface area contributed by atoms with Crippen LogP contribution in [-0.4, -0.2) is 86.0 Å². The monoisotopic (exact) mass is 830 g/mol. The van der Waals surface area contributed by atoms with Crippen molar-refractivity contribution in [2.24, 2.45) is 5.92 Å². The van der Waals surface area contributed by atoms with Crippen LogP contribution in [0, 0.1) is 11.7 Å². The molecule has 5 heterocycles. The highest BCUT2D eigenvalue weighted by molar-refractivity contribution is 6.36. The second kappa shape index (κ2) is 16.0. The van der Waals surface area contributed by atoms with Crippen molar-refractivity contribution in [3.05, 3.63) is 87.5 Å². The maximum absolute atomic E-state index is 14.2. The zero-order chi connectivity index (χ0) is 41.0. The largest absolute Gasteiger partial charge is 0.482 e. The van der Waals surface area contributed by atoms with Gasteiger partial charge in [0.25, 0.3) is 11.8 Å². The van der Waals surface area contributed by atoms with E-state index >= 15 is 0 Å². The molecule has 58 heavy (non-hydrogen) atoms. The molecular formula is C42H45Cl2FN8O5. The molecule has 1 saturated carbocycles. The molecule has 8 rings (SSSR count). The molecule has 0 spiro atoms. The van der Waals surface area contributed by atoms with E-state index in [0.29, 0.717) is 27.8 Å². The van der Waals surface area contributed by atoms with E-state index in [9.17, 15) is 23.6 Å². The van der Waals surface area contributed by atoms with Gasteiger partial charge in [0.2, 0.25) is 11.8 Å². The topological polar surface area (TPSA) is 156 Å². The average Bonchev–Trinajstić information content (AvgIpc) is 3.77. The fourth-order valence-electron chi connectivity index (χ4n) is 9.23. The standard InChI is InChI=1S/C42H45Cl2FN8O5/c1-22-18-50(19-23(2)52(22)29-8-9-30-31(15-29)42(57)53(41(30)56)34-12-13-36(54)49-40(34)55)20-25-4-6-28(7-5-25)51-21-27(17-48-51)26-14-35(39(46)47-16-26)58-24(3)37-32(43)10-11-33(45)38(37)44/h8-11,14-17,21-25,28,34H,4-7,12-13,18-20H2,1-3H3,(H2,46,47)(H,49,54,55)/t22?,23?,24-,25?,28?,34?/m1/s1. The molecule has 4 amide bonds. The number of nitrogens with zero attached hydrogens (tertiary/aromatic N) is 6. The molecule has 304 valence electrons. The van der Waals surface area contributed by atoms with Crippen LogP contribution in [0.1, 0.15) is 97.7 Å². The van der Waals surface area contributed by atoms with Crippen LogP contribution in [0.25, 0.3) is 11.1 Å². The summed E-state index contributed by atoms with van der Waals surface area (Å²) in [4.78, 5) is 61.1. The first-order chi connectivity index (χ1) is 27.8. The molecule has 4 aliphatic rings. The summed E-state index contributed by atoms with van der Waals surface area (Å²) in [6.45, 7) is 8.82. The summed E-state index contributed by atoms with van der Waals surface area (Å²) in [6, 6.07) is 9.41. The number of aromatic nitrogens is 3. The minimum Gasteiger partial charge on any atom is -0.482 e. The Kier molecular flexibility index (Phi) is 10.9. The molecule has 3 unspecified atom stereocenters. The third-order valence-electron chi connectivity index (χ3n) is 12.0. The Labute approximate surface area is 345 Å². The number of nitrogens with one attached hydrogen (secondary N) is 1. The second-order valence-corrected chi connectivity index (χ2v) is 16.8. The molecule has 2 aromatic heterocycles. The van der Waals surface area contributed by atoms with Gasteiger partial charge in [0.15, 0.2) is 11.6 Å². The van der Waals surface area contributed by atoms with Crippen molar-refractivity contribution in [3.8, 4) is 16.9 Å². The van der Waals surface area contributed by atoms with Gasteiger partial charge in [-0.25, -0.2) is 9.37 Å². The van der Waals surface area contributed by atoms with Crippen molar-refractivity contribution < 1.29 is 28.3 Å². The molecule has 1 aliphatic carbocycles. The number of piperidine rings is 1. The van der Waals surface area contributed by atoms with Crippen LogP contribution in [0.4, 0.5) is 15.9 Å². The molecule has 4 atom stereocenters. The van der Waals surface area contributed by atoms with Crippen LogP contribution in [0.3, 0.4) is 0 Å². The van der Waals surface area contributed by atoms with Gasteiger partial charge >= 0.3 is 0 Å². The molecular weight excluding hydrogens is 786 g/mol. The van der Waals surface area contributed by atoms with Crippen LogP contribution >= 0.6 is 23.2 Å². The number of rotatable bonds is 9. The number of carbonyl (C=O) groups is 4. The fourth-order valence-corrected chi connectivity index (χ4v) is 9.90. The van der Waals surface area contributed by atoms with Gasteiger partial charge in [-0.15, -0.1) is 0 Å². The molecule has 2 saturated heterocycles. The molecule has 16 heteroatoms. The molecule has 4 aromatic rings. The summed E-state index contributed by atoms with van der Waals surface area (Å²) in [5.41, 5.74) is 9.60. The van der Waals surface area contributed by atoms with Crippen LogP contribution < -0.4 is 20.7 Å². The van der Waals surface area contributed by atoms with Gasteiger partial charge < -0.3 is 15.4 Å². The highest BCUT2D eigenvalue weighted by Crippen LogP contribution is 2.39. The number of piperazine rings is 1. The Hall–Kier alpha value is -5.05. The third kappa shape index (κ3) is 7.53. The number of anilines is 2. The number of hydrogen-bond acceptors (Lipinski definition) is 10. The van der Waals surface area contributed by atoms with E-state index in [2.05, 4.69) is 33.9 Å². The highest BCUT2D eigenvalue weighted by Gasteiger charge is 2.45. The molecule has 3 N–H and O–H groups in total. The summed E-state index contributed by atoms with van der Waals surface area (Å²) in [5, 5.41) is 7.17. The van der Waals surface area contributed by atoms with Crippen LogP contribution in [0.2, 0.25) is 10.0 Å². The van der Waals surface area contributed by atoms with Crippen molar-refractivity contribution in [2.75, 3.05) is 30.3 Å². The number of nitrogens with two attached hydrogens (primary N) is 1. The normalized spacial score (nSPS) is 24.6. The van der Waals surface area contributed by atoms with Gasteiger partial charge in [0.05, 0.1) is 28.4 Å². The number of amides is 4. The minimum atomic E-state index is -0.990. The SMILES string of the molecule is CC1CN(CC2CCC(n3cc(-c4cnc(N)c(O[C@H](C)c5c(Cl)ccc(F)c5Cl)c4)cn3)CC2)CC(C)N1c1ccc2c(c1)C(=O)N(C1CCC(=O)NC1=O)C2=O. The average molecular weight is 832 g/mol. The van der Waals surface area contributed by atoms with Crippen molar-refractivity contribution in [1.29, 1.82) is 0 Å². The molecule has 13 nitrogen and oxygen atoms in total. The number of nitrogen functional groups attached to an aromatic ring is 1.